The molecule has 0 unspecified atom stereocenters. The number of benzene rings is 1. The molecular formula is C25H36N2O4S. The Kier molecular flexibility index (Phi) is 6.68. The van der Waals surface area contributed by atoms with Gasteiger partial charge in [0.05, 0.1) is 10.6 Å². The fraction of sp³-hybridized carbons (Fsp3) is 0.640. The van der Waals surface area contributed by atoms with Gasteiger partial charge in [-0.1, -0.05) is 6.08 Å². The molecule has 4 aliphatic rings. The van der Waals surface area contributed by atoms with Gasteiger partial charge in [-0.3, -0.25) is 4.79 Å². The van der Waals surface area contributed by atoms with E-state index in [1.54, 1.807) is 24.3 Å². The Labute approximate surface area is 191 Å². The number of carbonyl (C=O) groups is 1. The third-order valence-electron chi connectivity index (χ3n) is 8.10. The van der Waals surface area contributed by atoms with Crippen LogP contribution in [-0.4, -0.2) is 39.3 Å². The number of fused-ring (bicyclic) bond motifs is 3. The largest absolute Gasteiger partial charge is 0.489 e. The molecule has 3 N–H and O–H groups in total. The number of sulfone groups is 1. The van der Waals surface area contributed by atoms with Gasteiger partial charge in [0.15, 0.2) is 9.84 Å². The molecule has 0 saturated heterocycles. The van der Waals surface area contributed by atoms with Gasteiger partial charge >= 0.3 is 0 Å². The highest BCUT2D eigenvalue weighted by atomic mass is 32.2. The van der Waals surface area contributed by atoms with Gasteiger partial charge in [-0.15, -0.1) is 0 Å². The van der Waals surface area contributed by atoms with Crippen LogP contribution in [0.1, 0.15) is 64.7 Å². The Hall–Kier alpha value is -1.86. The van der Waals surface area contributed by atoms with Crippen LogP contribution in [0.15, 0.2) is 40.8 Å². The molecule has 5 rings (SSSR count). The molecule has 1 aromatic carbocycles. The van der Waals surface area contributed by atoms with Crippen molar-refractivity contribution in [1.29, 1.82) is 0 Å². The van der Waals surface area contributed by atoms with Crippen LogP contribution in [0.2, 0.25) is 0 Å². The molecule has 0 heterocycles. The number of nitrogens with one attached hydrogen (secondary N) is 1. The van der Waals surface area contributed by atoms with Gasteiger partial charge in [0.1, 0.15) is 12.4 Å². The normalized spacial score (nSPS) is 28.2. The molecule has 0 atom stereocenters. The van der Waals surface area contributed by atoms with Gasteiger partial charge < -0.3 is 15.8 Å². The second-order valence-electron chi connectivity index (χ2n) is 10.1. The van der Waals surface area contributed by atoms with E-state index in [0.29, 0.717) is 29.8 Å². The first-order chi connectivity index (χ1) is 15.3. The first kappa shape index (κ1) is 23.3. The molecule has 1 aromatic rings. The lowest BCUT2D eigenvalue weighted by atomic mass is 9.54. The van der Waals surface area contributed by atoms with Crippen molar-refractivity contribution in [2.45, 2.75) is 75.6 Å². The molecular weight excluding hydrogens is 424 g/mol. The van der Waals surface area contributed by atoms with Crippen molar-refractivity contribution in [3.63, 3.8) is 0 Å². The summed E-state index contributed by atoms with van der Waals surface area (Å²) in [4.78, 5) is 13.2. The molecule has 4 aliphatic carbocycles. The predicted molar refractivity (Wildman–Crippen MR) is 125 cm³/mol. The van der Waals surface area contributed by atoms with Gasteiger partial charge in [-0.2, -0.15) is 0 Å². The Morgan fingerprint density at radius 1 is 1.12 bits per heavy atom. The van der Waals surface area contributed by atoms with E-state index >= 15 is 0 Å². The summed E-state index contributed by atoms with van der Waals surface area (Å²) in [6.07, 6.45) is 10.2. The second kappa shape index (κ2) is 9.18. The third kappa shape index (κ3) is 4.74. The van der Waals surface area contributed by atoms with Crippen molar-refractivity contribution in [1.82, 2.24) is 5.32 Å². The Bertz CT molecular complexity index is 940. The lowest BCUT2D eigenvalue weighted by Gasteiger charge is -2.52. The highest BCUT2D eigenvalue weighted by Crippen LogP contribution is 2.57. The van der Waals surface area contributed by atoms with E-state index in [1.807, 2.05) is 13.0 Å². The summed E-state index contributed by atoms with van der Waals surface area (Å²) in [6.45, 7) is 2.76. The van der Waals surface area contributed by atoms with Crippen LogP contribution < -0.4 is 15.8 Å². The van der Waals surface area contributed by atoms with Crippen molar-refractivity contribution in [2.75, 3.05) is 18.9 Å². The van der Waals surface area contributed by atoms with E-state index in [2.05, 4.69) is 5.32 Å². The zero-order chi connectivity index (χ0) is 22.8. The topological polar surface area (TPSA) is 98.5 Å². The molecule has 0 aliphatic heterocycles. The lowest BCUT2D eigenvalue weighted by molar-refractivity contribution is -0.141. The van der Waals surface area contributed by atoms with Gasteiger partial charge in [0.2, 0.25) is 5.91 Å². The molecule has 32 heavy (non-hydrogen) atoms. The Morgan fingerprint density at radius 3 is 2.25 bits per heavy atom. The molecule has 0 aromatic heterocycles. The number of amides is 1. The minimum atomic E-state index is -3.40. The standard InChI is InChI=1S/C25H36N2O4S/c1-2-19(16-26)17-31-21-6-8-22(9-7-21)32(29,30)18-24-10-13-25(14-11-24,15-12-24)23(28)27-20-4-3-5-20/h2,6-9,20H,3-5,10-18,26H2,1H3,(H,27,28)/b19-2-. The molecule has 0 spiro atoms. The first-order valence-corrected chi connectivity index (χ1v) is 13.6. The van der Waals surface area contributed by atoms with Gasteiger partial charge in [0.25, 0.3) is 0 Å². The molecule has 1 amide bonds. The maximum atomic E-state index is 13.2. The number of ether oxygens (including phenoxy) is 1. The Balaban J connectivity index is 1.36. The molecule has 7 heteroatoms. The quantitative estimate of drug-likeness (QED) is 0.547. The lowest BCUT2D eigenvalue weighted by Crippen LogP contribution is -2.54. The average Bonchev–Trinajstić information content (AvgIpc) is 2.78. The maximum Gasteiger partial charge on any atom is 0.226 e. The minimum Gasteiger partial charge on any atom is -0.489 e. The summed E-state index contributed by atoms with van der Waals surface area (Å²) in [5.41, 5.74) is 6.18. The zero-order valence-corrected chi connectivity index (χ0v) is 19.9. The van der Waals surface area contributed by atoms with Gasteiger partial charge in [-0.25, -0.2) is 8.42 Å². The van der Waals surface area contributed by atoms with Gasteiger partial charge in [0, 0.05) is 18.0 Å². The van der Waals surface area contributed by atoms with E-state index in [4.69, 9.17) is 10.5 Å². The smallest absolute Gasteiger partial charge is 0.226 e. The summed E-state index contributed by atoms with van der Waals surface area (Å²) in [5.74, 6) is 1.01. The van der Waals surface area contributed by atoms with Crippen LogP contribution in [0.4, 0.5) is 0 Å². The first-order valence-electron chi connectivity index (χ1n) is 11.9. The Morgan fingerprint density at radius 2 is 1.75 bits per heavy atom. The van der Waals surface area contributed by atoms with E-state index in [0.717, 1.165) is 56.9 Å². The molecule has 176 valence electrons. The maximum absolute atomic E-state index is 13.2. The van der Waals surface area contributed by atoms with E-state index in [-0.39, 0.29) is 22.5 Å². The van der Waals surface area contributed by atoms with Crippen LogP contribution in [0.3, 0.4) is 0 Å². The summed E-state index contributed by atoms with van der Waals surface area (Å²) >= 11 is 0. The minimum absolute atomic E-state index is 0.163. The van der Waals surface area contributed by atoms with Crippen LogP contribution in [0.25, 0.3) is 0 Å². The molecule has 4 fully saturated rings. The fourth-order valence-corrected chi connectivity index (χ4v) is 7.33. The molecule has 4 saturated carbocycles. The predicted octanol–water partition coefficient (Wildman–Crippen LogP) is 3.75. The molecule has 2 bridgehead atoms. The van der Waals surface area contributed by atoms with E-state index in [1.165, 1.54) is 6.42 Å². The third-order valence-corrected chi connectivity index (χ3v) is 10.1. The molecule has 6 nitrogen and oxygen atoms in total. The number of hydrogen-bond acceptors (Lipinski definition) is 5. The molecule has 0 radical (unpaired) electrons. The van der Waals surface area contributed by atoms with E-state index < -0.39 is 9.84 Å². The number of allylic oxidation sites excluding steroid dienone is 1. The van der Waals surface area contributed by atoms with Crippen LogP contribution in [0, 0.1) is 10.8 Å². The zero-order valence-electron chi connectivity index (χ0n) is 19.1. The second-order valence-corrected chi connectivity index (χ2v) is 12.0. The van der Waals surface area contributed by atoms with Crippen molar-refractivity contribution in [3.05, 3.63) is 35.9 Å². The summed E-state index contributed by atoms with van der Waals surface area (Å²) in [7, 11) is -3.40. The monoisotopic (exact) mass is 460 g/mol. The van der Waals surface area contributed by atoms with Crippen LogP contribution >= 0.6 is 0 Å². The summed E-state index contributed by atoms with van der Waals surface area (Å²) in [6, 6.07) is 7.07. The van der Waals surface area contributed by atoms with Crippen molar-refractivity contribution < 1.29 is 17.9 Å². The number of carbonyl (C=O) groups excluding carboxylic acids is 1. The van der Waals surface area contributed by atoms with Crippen molar-refractivity contribution in [2.24, 2.45) is 16.6 Å². The fourth-order valence-electron chi connectivity index (χ4n) is 5.38. The van der Waals surface area contributed by atoms with Crippen LogP contribution in [0.5, 0.6) is 5.75 Å². The average molecular weight is 461 g/mol. The highest BCUT2D eigenvalue weighted by molar-refractivity contribution is 7.91. The van der Waals surface area contributed by atoms with Crippen molar-refractivity contribution in [3.8, 4) is 5.75 Å². The number of hydrogen-bond donors (Lipinski definition) is 2. The number of nitrogens with two attached hydrogens (primary N) is 1. The van der Waals surface area contributed by atoms with E-state index in [9.17, 15) is 13.2 Å². The number of rotatable bonds is 9. The van der Waals surface area contributed by atoms with Crippen molar-refractivity contribution >= 4 is 15.7 Å². The SMILES string of the molecule is C/C=C(/CN)COc1ccc(S(=O)(=O)CC23CCC(C(=O)NC4CCC4)(CC2)CC3)cc1. The highest BCUT2D eigenvalue weighted by Gasteiger charge is 2.53. The summed E-state index contributed by atoms with van der Waals surface area (Å²) in [5, 5.41) is 3.24. The van der Waals surface area contributed by atoms with Gasteiger partial charge in [-0.05, 0) is 100.0 Å². The summed E-state index contributed by atoms with van der Waals surface area (Å²) < 4.78 is 32.1. The van der Waals surface area contributed by atoms with Crippen LogP contribution in [-0.2, 0) is 14.6 Å².